The fourth-order valence-corrected chi connectivity index (χ4v) is 1.40. The van der Waals surface area contributed by atoms with Crippen molar-refractivity contribution < 1.29 is 0 Å². The maximum atomic E-state index is 6.00. The van der Waals surface area contributed by atoms with Crippen molar-refractivity contribution >= 4 is 5.69 Å². The third-order valence-electron chi connectivity index (χ3n) is 2.20. The summed E-state index contributed by atoms with van der Waals surface area (Å²) in [6.45, 7) is 2.15. The van der Waals surface area contributed by atoms with E-state index in [1.165, 1.54) is 5.56 Å². The van der Waals surface area contributed by atoms with Crippen molar-refractivity contribution in [1.29, 1.82) is 0 Å². The SMILES string of the molecule is CCCC(N)c1cccc(NC)c1. The van der Waals surface area contributed by atoms with Gasteiger partial charge in [0.25, 0.3) is 0 Å². The Labute approximate surface area is 80.1 Å². The molecule has 3 N–H and O–H groups in total. The molecule has 1 rings (SSSR count). The van der Waals surface area contributed by atoms with E-state index in [9.17, 15) is 0 Å². The standard InChI is InChI=1S/C11H18N2/c1-3-5-11(12)9-6-4-7-10(8-9)13-2/h4,6-8,11,13H,3,5,12H2,1-2H3. The van der Waals surface area contributed by atoms with Crippen molar-refractivity contribution in [3.05, 3.63) is 29.8 Å². The third-order valence-corrected chi connectivity index (χ3v) is 2.20. The number of rotatable bonds is 4. The Bertz CT molecular complexity index is 258. The molecule has 0 saturated heterocycles. The Hall–Kier alpha value is -1.02. The summed E-state index contributed by atoms with van der Waals surface area (Å²) >= 11 is 0. The van der Waals surface area contributed by atoms with Crippen molar-refractivity contribution in [3.8, 4) is 0 Å². The van der Waals surface area contributed by atoms with Crippen LogP contribution in [-0.4, -0.2) is 7.05 Å². The van der Waals surface area contributed by atoms with Gasteiger partial charge in [0, 0.05) is 18.8 Å². The molecule has 0 aliphatic heterocycles. The Balaban J connectivity index is 2.75. The summed E-state index contributed by atoms with van der Waals surface area (Å²) in [6, 6.07) is 8.46. The number of hydrogen-bond acceptors (Lipinski definition) is 2. The van der Waals surface area contributed by atoms with Crippen molar-refractivity contribution in [2.75, 3.05) is 12.4 Å². The average molecular weight is 178 g/mol. The van der Waals surface area contributed by atoms with E-state index in [0.717, 1.165) is 18.5 Å². The summed E-state index contributed by atoms with van der Waals surface area (Å²) in [6.07, 6.45) is 2.18. The monoisotopic (exact) mass is 178 g/mol. The number of benzene rings is 1. The van der Waals surface area contributed by atoms with Crippen LogP contribution in [0.3, 0.4) is 0 Å². The van der Waals surface area contributed by atoms with Crippen molar-refractivity contribution in [2.45, 2.75) is 25.8 Å². The van der Waals surface area contributed by atoms with E-state index in [1.807, 2.05) is 19.2 Å². The second kappa shape index (κ2) is 4.87. The number of nitrogens with two attached hydrogens (primary N) is 1. The minimum absolute atomic E-state index is 0.179. The highest BCUT2D eigenvalue weighted by atomic mass is 14.8. The Kier molecular flexibility index (Phi) is 3.77. The van der Waals surface area contributed by atoms with E-state index in [4.69, 9.17) is 5.73 Å². The molecule has 0 aliphatic rings. The third kappa shape index (κ3) is 2.74. The first-order valence-corrected chi connectivity index (χ1v) is 4.81. The van der Waals surface area contributed by atoms with Crippen LogP contribution < -0.4 is 11.1 Å². The predicted molar refractivity (Wildman–Crippen MR) is 57.8 cm³/mol. The number of hydrogen-bond donors (Lipinski definition) is 2. The van der Waals surface area contributed by atoms with E-state index < -0.39 is 0 Å². The van der Waals surface area contributed by atoms with E-state index in [2.05, 4.69) is 24.4 Å². The normalized spacial score (nSPS) is 12.5. The Morgan fingerprint density at radius 1 is 1.46 bits per heavy atom. The summed E-state index contributed by atoms with van der Waals surface area (Å²) < 4.78 is 0. The molecule has 1 unspecified atom stereocenters. The first-order valence-electron chi connectivity index (χ1n) is 4.81. The van der Waals surface area contributed by atoms with Crippen molar-refractivity contribution in [3.63, 3.8) is 0 Å². The summed E-state index contributed by atoms with van der Waals surface area (Å²) in [7, 11) is 1.92. The lowest BCUT2D eigenvalue weighted by Crippen LogP contribution is -2.09. The van der Waals surface area contributed by atoms with E-state index in [1.54, 1.807) is 0 Å². The fraction of sp³-hybridized carbons (Fsp3) is 0.455. The zero-order chi connectivity index (χ0) is 9.68. The van der Waals surface area contributed by atoms with Gasteiger partial charge in [-0.05, 0) is 24.1 Å². The highest BCUT2D eigenvalue weighted by molar-refractivity contribution is 5.45. The summed E-state index contributed by atoms with van der Waals surface area (Å²) in [4.78, 5) is 0. The lowest BCUT2D eigenvalue weighted by Gasteiger charge is -2.11. The quantitative estimate of drug-likeness (QED) is 0.743. The molecule has 0 spiro atoms. The van der Waals surface area contributed by atoms with Gasteiger partial charge in [0.1, 0.15) is 0 Å². The van der Waals surface area contributed by atoms with Gasteiger partial charge < -0.3 is 11.1 Å². The van der Waals surface area contributed by atoms with Gasteiger partial charge >= 0.3 is 0 Å². The van der Waals surface area contributed by atoms with Crippen LogP contribution in [0.1, 0.15) is 31.4 Å². The van der Waals surface area contributed by atoms with Gasteiger partial charge in [0.2, 0.25) is 0 Å². The minimum Gasteiger partial charge on any atom is -0.388 e. The van der Waals surface area contributed by atoms with Gasteiger partial charge in [-0.1, -0.05) is 25.5 Å². The minimum atomic E-state index is 0.179. The van der Waals surface area contributed by atoms with Crippen molar-refractivity contribution in [2.24, 2.45) is 5.73 Å². The van der Waals surface area contributed by atoms with E-state index >= 15 is 0 Å². The zero-order valence-electron chi connectivity index (χ0n) is 8.38. The van der Waals surface area contributed by atoms with Crippen LogP contribution in [0.15, 0.2) is 24.3 Å². The van der Waals surface area contributed by atoms with Gasteiger partial charge in [0.05, 0.1) is 0 Å². The molecule has 1 aromatic carbocycles. The number of nitrogens with one attached hydrogen (secondary N) is 1. The van der Waals surface area contributed by atoms with Crippen LogP contribution in [0.25, 0.3) is 0 Å². The molecule has 0 heterocycles. The molecule has 2 heteroatoms. The second-order valence-electron chi connectivity index (χ2n) is 3.27. The van der Waals surface area contributed by atoms with E-state index in [0.29, 0.717) is 0 Å². The predicted octanol–water partition coefficient (Wildman–Crippen LogP) is 2.53. The van der Waals surface area contributed by atoms with Crippen LogP contribution in [-0.2, 0) is 0 Å². The van der Waals surface area contributed by atoms with Gasteiger partial charge in [-0.25, -0.2) is 0 Å². The maximum absolute atomic E-state index is 6.00. The van der Waals surface area contributed by atoms with Crippen molar-refractivity contribution in [1.82, 2.24) is 0 Å². The van der Waals surface area contributed by atoms with E-state index in [-0.39, 0.29) is 6.04 Å². The Morgan fingerprint density at radius 3 is 2.85 bits per heavy atom. The van der Waals surface area contributed by atoms with Crippen LogP contribution >= 0.6 is 0 Å². The highest BCUT2D eigenvalue weighted by Gasteiger charge is 2.04. The van der Waals surface area contributed by atoms with Crippen LogP contribution in [0.4, 0.5) is 5.69 Å². The molecule has 1 aromatic rings. The smallest absolute Gasteiger partial charge is 0.0340 e. The molecular weight excluding hydrogens is 160 g/mol. The average Bonchev–Trinajstić information content (AvgIpc) is 2.18. The largest absolute Gasteiger partial charge is 0.388 e. The molecule has 72 valence electrons. The molecule has 1 atom stereocenters. The van der Waals surface area contributed by atoms with Gasteiger partial charge in [-0.2, -0.15) is 0 Å². The topological polar surface area (TPSA) is 38.0 Å². The molecule has 0 saturated carbocycles. The molecular formula is C11H18N2. The first-order chi connectivity index (χ1) is 6.27. The zero-order valence-corrected chi connectivity index (χ0v) is 8.38. The van der Waals surface area contributed by atoms with Gasteiger partial charge in [-0.15, -0.1) is 0 Å². The summed E-state index contributed by atoms with van der Waals surface area (Å²) in [5.74, 6) is 0. The summed E-state index contributed by atoms with van der Waals surface area (Å²) in [5, 5.41) is 3.11. The molecule has 0 amide bonds. The Morgan fingerprint density at radius 2 is 2.23 bits per heavy atom. The molecule has 2 nitrogen and oxygen atoms in total. The lowest BCUT2D eigenvalue weighted by atomic mass is 10.0. The molecule has 13 heavy (non-hydrogen) atoms. The van der Waals surface area contributed by atoms with Gasteiger partial charge in [-0.3, -0.25) is 0 Å². The molecule has 0 radical (unpaired) electrons. The molecule has 0 aliphatic carbocycles. The molecule has 0 aromatic heterocycles. The van der Waals surface area contributed by atoms with Crippen LogP contribution in [0.5, 0.6) is 0 Å². The second-order valence-corrected chi connectivity index (χ2v) is 3.27. The van der Waals surface area contributed by atoms with Crippen LogP contribution in [0.2, 0.25) is 0 Å². The fourth-order valence-electron chi connectivity index (χ4n) is 1.40. The van der Waals surface area contributed by atoms with Crippen LogP contribution in [0, 0.1) is 0 Å². The maximum Gasteiger partial charge on any atom is 0.0340 e. The summed E-state index contributed by atoms with van der Waals surface area (Å²) in [5.41, 5.74) is 8.35. The molecule has 0 fully saturated rings. The lowest BCUT2D eigenvalue weighted by molar-refractivity contribution is 0.638. The van der Waals surface area contributed by atoms with Gasteiger partial charge in [0.15, 0.2) is 0 Å². The first kappa shape index (κ1) is 10.1. The highest BCUT2D eigenvalue weighted by Crippen LogP contribution is 2.18. The number of anilines is 1. The molecule has 0 bridgehead atoms.